The fourth-order valence-electron chi connectivity index (χ4n) is 2.09. The third-order valence-electron chi connectivity index (χ3n) is 3.28. The van der Waals surface area contributed by atoms with E-state index in [9.17, 15) is 30.3 Å². The number of carbonyl (C=O) groups excluding carboxylic acids is 1. The van der Waals surface area contributed by atoms with E-state index in [1.807, 2.05) is 0 Å². The van der Waals surface area contributed by atoms with Gasteiger partial charge in [0.15, 0.2) is 11.6 Å². The molecular weight excluding hydrogens is 308 g/mol. The Labute approximate surface area is 131 Å². The lowest BCUT2D eigenvalue weighted by Crippen LogP contribution is -2.18. The summed E-state index contributed by atoms with van der Waals surface area (Å²) in [5.41, 5.74) is 0. The smallest absolute Gasteiger partial charge is 0.333 e. The minimum Gasteiger partial charge on any atom is -0.503 e. The van der Waals surface area contributed by atoms with E-state index < -0.39 is 17.6 Å². The summed E-state index contributed by atoms with van der Waals surface area (Å²) in [5, 5.41) is 46.8. The zero-order valence-electron chi connectivity index (χ0n) is 12.2. The molecule has 0 saturated carbocycles. The van der Waals surface area contributed by atoms with Crippen molar-refractivity contribution in [2.75, 3.05) is 0 Å². The molecule has 0 radical (unpaired) electrons. The summed E-state index contributed by atoms with van der Waals surface area (Å²) in [6, 6.07) is 3.42. The van der Waals surface area contributed by atoms with Crippen molar-refractivity contribution in [3.63, 3.8) is 0 Å². The van der Waals surface area contributed by atoms with E-state index in [0.29, 0.717) is 24.0 Å². The largest absolute Gasteiger partial charge is 0.503 e. The normalized spacial score (nSPS) is 10.8. The van der Waals surface area contributed by atoms with Crippen LogP contribution in [-0.2, 0) is 11.3 Å². The molecule has 0 saturated heterocycles. The fourth-order valence-corrected chi connectivity index (χ4v) is 2.09. The van der Waals surface area contributed by atoms with Crippen molar-refractivity contribution in [1.29, 1.82) is 0 Å². The zero-order valence-corrected chi connectivity index (χ0v) is 12.2. The lowest BCUT2D eigenvalue weighted by molar-refractivity contribution is -0.145. The van der Waals surface area contributed by atoms with Crippen molar-refractivity contribution in [2.45, 2.75) is 32.2 Å². The first-order chi connectivity index (χ1) is 10.9. The van der Waals surface area contributed by atoms with Crippen molar-refractivity contribution in [2.24, 2.45) is 0 Å². The highest BCUT2D eigenvalue weighted by Crippen LogP contribution is 2.33. The molecule has 0 amide bonds. The summed E-state index contributed by atoms with van der Waals surface area (Å²) in [6.07, 6.45) is 1.72. The van der Waals surface area contributed by atoms with Gasteiger partial charge in [-0.25, -0.2) is 4.79 Å². The highest BCUT2D eigenvalue weighted by Gasteiger charge is 2.13. The van der Waals surface area contributed by atoms with Gasteiger partial charge in [-0.2, -0.15) is 0 Å². The predicted octanol–water partition coefficient (Wildman–Crippen LogP) is 1.03. The maximum Gasteiger partial charge on any atom is 0.333 e. The predicted molar refractivity (Wildman–Crippen MR) is 77.2 cm³/mol. The molecule has 0 aromatic carbocycles. The summed E-state index contributed by atoms with van der Waals surface area (Å²) in [4.78, 5) is 16.4. The van der Waals surface area contributed by atoms with Gasteiger partial charge in [0.05, 0.1) is 0 Å². The second-order valence-electron chi connectivity index (χ2n) is 4.98. The van der Waals surface area contributed by atoms with Gasteiger partial charge in [-0.15, -0.1) is 4.73 Å². The van der Waals surface area contributed by atoms with Gasteiger partial charge in [-0.1, -0.05) is 6.42 Å². The van der Waals surface area contributed by atoms with Crippen LogP contribution >= 0.6 is 0 Å². The standard InChI is InChI=1S/C14H18N2O7/c17-9-8-12(20)15(14(9)22)7-3-1-2-4-13(21)23-16-10(18)5-6-11(16)19/h5-6,8,17-20,22H,1-4,7H2. The minimum absolute atomic E-state index is 0.0754. The topological polar surface area (TPSA) is 137 Å². The van der Waals surface area contributed by atoms with Crippen LogP contribution in [0.15, 0.2) is 18.2 Å². The van der Waals surface area contributed by atoms with Crippen LogP contribution in [0, 0.1) is 0 Å². The average Bonchev–Trinajstić information content (AvgIpc) is 2.93. The molecular formula is C14H18N2O7. The van der Waals surface area contributed by atoms with Crippen molar-refractivity contribution in [3.8, 4) is 29.3 Å². The van der Waals surface area contributed by atoms with Crippen molar-refractivity contribution in [3.05, 3.63) is 18.2 Å². The molecule has 9 heteroatoms. The molecule has 0 aliphatic heterocycles. The number of carbonyl (C=O) groups is 1. The third-order valence-corrected chi connectivity index (χ3v) is 3.28. The van der Waals surface area contributed by atoms with E-state index in [4.69, 9.17) is 4.84 Å². The lowest BCUT2D eigenvalue weighted by atomic mass is 10.2. The molecule has 5 N–H and O–H groups in total. The summed E-state index contributed by atoms with van der Waals surface area (Å²) < 4.78 is 1.78. The van der Waals surface area contributed by atoms with Crippen LogP contribution in [0.3, 0.4) is 0 Å². The summed E-state index contributed by atoms with van der Waals surface area (Å²) in [5.74, 6) is -2.41. The zero-order chi connectivity index (χ0) is 17.0. The maximum atomic E-state index is 11.6. The molecule has 0 atom stereocenters. The van der Waals surface area contributed by atoms with Gasteiger partial charge < -0.3 is 30.4 Å². The summed E-state index contributed by atoms with van der Waals surface area (Å²) in [6.45, 7) is 0.284. The minimum atomic E-state index is -0.615. The van der Waals surface area contributed by atoms with Crippen LogP contribution in [0.2, 0.25) is 0 Å². The van der Waals surface area contributed by atoms with Gasteiger partial charge in [0, 0.05) is 31.2 Å². The molecule has 9 nitrogen and oxygen atoms in total. The van der Waals surface area contributed by atoms with Crippen molar-refractivity contribution < 1.29 is 35.2 Å². The molecule has 0 aliphatic rings. The van der Waals surface area contributed by atoms with Crippen molar-refractivity contribution >= 4 is 5.97 Å². The molecule has 23 heavy (non-hydrogen) atoms. The summed E-state index contributed by atoms with van der Waals surface area (Å²) in [7, 11) is 0. The van der Waals surface area contributed by atoms with Gasteiger partial charge in [-0.3, -0.25) is 4.57 Å². The number of nitrogens with zero attached hydrogens (tertiary/aromatic N) is 2. The second-order valence-corrected chi connectivity index (χ2v) is 4.98. The van der Waals surface area contributed by atoms with Gasteiger partial charge >= 0.3 is 5.97 Å². The van der Waals surface area contributed by atoms with Crippen LogP contribution in [0.4, 0.5) is 0 Å². The van der Waals surface area contributed by atoms with E-state index in [0.717, 1.165) is 10.6 Å². The number of rotatable bonds is 7. The molecule has 0 unspecified atom stereocenters. The maximum absolute atomic E-state index is 11.6. The Morgan fingerprint density at radius 3 is 2.17 bits per heavy atom. The molecule has 2 rings (SSSR count). The highest BCUT2D eigenvalue weighted by atomic mass is 16.7. The first-order valence-electron chi connectivity index (χ1n) is 7.01. The number of hydrogen-bond donors (Lipinski definition) is 5. The van der Waals surface area contributed by atoms with Gasteiger partial charge in [-0.05, 0) is 12.8 Å². The quantitative estimate of drug-likeness (QED) is 0.479. The molecule has 126 valence electrons. The number of aromatic nitrogens is 2. The molecule has 2 heterocycles. The highest BCUT2D eigenvalue weighted by molar-refractivity contribution is 5.69. The fraction of sp³-hybridized carbons (Fsp3) is 0.357. The van der Waals surface area contributed by atoms with E-state index in [2.05, 4.69) is 0 Å². The lowest BCUT2D eigenvalue weighted by Gasteiger charge is -2.08. The van der Waals surface area contributed by atoms with Gasteiger partial charge in [0.25, 0.3) is 0 Å². The van der Waals surface area contributed by atoms with Crippen LogP contribution < -0.4 is 4.84 Å². The number of aromatic hydroxyl groups is 5. The first kappa shape index (κ1) is 16.4. The summed E-state index contributed by atoms with van der Waals surface area (Å²) >= 11 is 0. The van der Waals surface area contributed by atoms with Crippen LogP contribution in [0.5, 0.6) is 29.3 Å². The van der Waals surface area contributed by atoms with Gasteiger partial charge in [0.1, 0.15) is 0 Å². The molecule has 0 bridgehead atoms. The first-order valence-corrected chi connectivity index (χ1v) is 7.01. The Balaban J connectivity index is 1.70. The number of unbranched alkanes of at least 4 members (excludes halogenated alkanes) is 2. The Morgan fingerprint density at radius 2 is 1.61 bits per heavy atom. The van der Waals surface area contributed by atoms with Crippen LogP contribution in [-0.4, -0.2) is 40.8 Å². The molecule has 0 fully saturated rings. The van der Waals surface area contributed by atoms with Crippen LogP contribution in [0.25, 0.3) is 0 Å². The third kappa shape index (κ3) is 3.82. The SMILES string of the molecule is O=C(CCCCCn1c(O)cc(O)c1O)On1c(O)ccc1O. The Hall–Kier alpha value is -2.97. The Kier molecular flexibility index (Phi) is 4.89. The Bertz CT molecular complexity index is 670. The van der Waals surface area contributed by atoms with Gasteiger partial charge in [0.2, 0.25) is 17.6 Å². The molecule has 2 aromatic heterocycles. The molecule has 0 aliphatic carbocycles. The van der Waals surface area contributed by atoms with Crippen LogP contribution in [0.1, 0.15) is 25.7 Å². The Morgan fingerprint density at radius 1 is 0.957 bits per heavy atom. The molecule has 2 aromatic rings. The molecule has 0 spiro atoms. The average molecular weight is 326 g/mol. The van der Waals surface area contributed by atoms with Crippen molar-refractivity contribution in [1.82, 2.24) is 9.30 Å². The number of hydrogen-bond acceptors (Lipinski definition) is 7. The van der Waals surface area contributed by atoms with E-state index in [1.165, 1.54) is 12.1 Å². The van der Waals surface area contributed by atoms with E-state index >= 15 is 0 Å². The second kappa shape index (κ2) is 6.86. The van der Waals surface area contributed by atoms with E-state index in [-0.39, 0.29) is 30.6 Å². The monoisotopic (exact) mass is 326 g/mol. The van der Waals surface area contributed by atoms with E-state index in [1.54, 1.807) is 0 Å².